The monoisotopic (exact) mass is 346 g/mol. The molecule has 2 aromatic rings. The van der Waals surface area contributed by atoms with Crippen LogP contribution in [-0.2, 0) is 16.4 Å². The van der Waals surface area contributed by atoms with E-state index in [9.17, 15) is 13.2 Å². The molecule has 0 aromatic heterocycles. The number of fused-ring (bicyclic) bond motifs is 1. The van der Waals surface area contributed by atoms with E-state index in [0.29, 0.717) is 13.0 Å². The number of urea groups is 1. The fourth-order valence-corrected chi connectivity index (χ4v) is 3.45. The van der Waals surface area contributed by atoms with E-state index in [4.69, 9.17) is 4.74 Å². The second-order valence-corrected chi connectivity index (χ2v) is 7.39. The van der Waals surface area contributed by atoms with Gasteiger partial charge in [0.2, 0.25) is 0 Å². The number of hydrogen-bond acceptors (Lipinski definition) is 4. The lowest BCUT2D eigenvalue weighted by molar-refractivity contribution is 0.218. The molecule has 1 atom stereocenters. The maximum Gasteiger partial charge on any atom is 0.329 e. The number of carbonyl (C=O) groups excluding carboxylic acids is 1. The summed E-state index contributed by atoms with van der Waals surface area (Å²) in [4.78, 5) is 12.1. The summed E-state index contributed by atoms with van der Waals surface area (Å²) in [6.45, 7) is 2.16. The van der Waals surface area contributed by atoms with Gasteiger partial charge < -0.3 is 10.1 Å². The molecule has 0 fully saturated rings. The third-order valence-corrected chi connectivity index (χ3v) is 5.12. The zero-order chi connectivity index (χ0) is 17.2. The van der Waals surface area contributed by atoms with E-state index in [0.717, 1.165) is 16.9 Å². The minimum Gasteiger partial charge on any atom is -0.491 e. The van der Waals surface area contributed by atoms with Crippen LogP contribution in [0.1, 0.15) is 11.1 Å². The van der Waals surface area contributed by atoms with Gasteiger partial charge in [0.25, 0.3) is 10.0 Å². The first-order chi connectivity index (χ1) is 11.4. The molecule has 126 valence electrons. The maximum absolute atomic E-state index is 12.2. The highest BCUT2D eigenvalue weighted by molar-refractivity contribution is 7.90. The van der Waals surface area contributed by atoms with Crippen LogP contribution in [0.25, 0.3) is 0 Å². The number of para-hydroxylation sites is 1. The average Bonchev–Trinajstić information content (AvgIpc) is 2.54. The number of aryl methyl sites for hydroxylation is 1. The number of ether oxygens (including phenoxy) is 1. The molecule has 0 saturated heterocycles. The first-order valence-electron chi connectivity index (χ1n) is 7.55. The van der Waals surface area contributed by atoms with Gasteiger partial charge in [0.15, 0.2) is 0 Å². The molecule has 1 heterocycles. The minimum atomic E-state index is -3.89. The second-order valence-electron chi connectivity index (χ2n) is 5.71. The molecular formula is C17H18N2O4S. The molecule has 0 bridgehead atoms. The smallest absolute Gasteiger partial charge is 0.329 e. The van der Waals surface area contributed by atoms with Crippen LogP contribution in [0.15, 0.2) is 53.4 Å². The van der Waals surface area contributed by atoms with E-state index < -0.39 is 16.1 Å². The van der Waals surface area contributed by atoms with E-state index in [1.165, 1.54) is 12.1 Å². The van der Waals surface area contributed by atoms with Crippen molar-refractivity contribution in [1.29, 1.82) is 0 Å². The fraction of sp³-hybridized carbons (Fsp3) is 0.235. The van der Waals surface area contributed by atoms with Crippen LogP contribution in [0.3, 0.4) is 0 Å². The summed E-state index contributed by atoms with van der Waals surface area (Å²) in [6, 6.07) is 12.8. The molecule has 1 aliphatic heterocycles. The molecule has 0 radical (unpaired) electrons. The Morgan fingerprint density at radius 1 is 1.12 bits per heavy atom. The Hall–Kier alpha value is -2.54. The summed E-state index contributed by atoms with van der Waals surface area (Å²) in [7, 11) is -3.89. The standard InChI is InChI=1S/C17H18N2O4S/c1-12-6-8-15(9-7-12)24(21,22)19-17(20)18-14-10-13-4-2-3-5-16(13)23-11-14/h2-9,14H,10-11H2,1H3,(H2,18,19,20). The molecule has 6 nitrogen and oxygen atoms in total. The highest BCUT2D eigenvalue weighted by Crippen LogP contribution is 2.23. The van der Waals surface area contributed by atoms with Gasteiger partial charge in [-0.2, -0.15) is 0 Å². The molecule has 0 aliphatic carbocycles. The number of amides is 2. The third kappa shape index (κ3) is 3.68. The van der Waals surface area contributed by atoms with Gasteiger partial charge in [-0.1, -0.05) is 35.9 Å². The summed E-state index contributed by atoms with van der Waals surface area (Å²) in [5, 5.41) is 2.64. The zero-order valence-electron chi connectivity index (χ0n) is 13.2. The van der Waals surface area contributed by atoms with Crippen molar-refractivity contribution in [2.45, 2.75) is 24.3 Å². The molecule has 3 rings (SSSR count). The van der Waals surface area contributed by atoms with Crippen molar-refractivity contribution in [2.24, 2.45) is 0 Å². The lowest BCUT2D eigenvalue weighted by Crippen LogP contribution is -2.48. The topological polar surface area (TPSA) is 84.5 Å². The lowest BCUT2D eigenvalue weighted by atomic mass is 10.0. The van der Waals surface area contributed by atoms with Crippen molar-refractivity contribution in [3.63, 3.8) is 0 Å². The van der Waals surface area contributed by atoms with Gasteiger partial charge in [-0.15, -0.1) is 0 Å². The molecule has 24 heavy (non-hydrogen) atoms. The van der Waals surface area contributed by atoms with Crippen molar-refractivity contribution >= 4 is 16.1 Å². The van der Waals surface area contributed by atoms with Crippen molar-refractivity contribution in [3.8, 4) is 5.75 Å². The van der Waals surface area contributed by atoms with Gasteiger partial charge in [-0.05, 0) is 37.1 Å². The van der Waals surface area contributed by atoms with Gasteiger partial charge in [0.1, 0.15) is 12.4 Å². The predicted octanol–water partition coefficient (Wildman–Crippen LogP) is 1.99. The van der Waals surface area contributed by atoms with E-state index in [-0.39, 0.29) is 10.9 Å². The Balaban J connectivity index is 1.63. The van der Waals surface area contributed by atoms with Gasteiger partial charge in [0, 0.05) is 0 Å². The van der Waals surface area contributed by atoms with Crippen LogP contribution in [0.2, 0.25) is 0 Å². The molecular weight excluding hydrogens is 328 g/mol. The average molecular weight is 346 g/mol. The number of sulfonamides is 1. The SMILES string of the molecule is Cc1ccc(S(=O)(=O)NC(=O)NC2COc3ccccc3C2)cc1. The number of rotatable bonds is 3. The van der Waals surface area contributed by atoms with Crippen molar-refractivity contribution in [1.82, 2.24) is 10.0 Å². The zero-order valence-corrected chi connectivity index (χ0v) is 14.0. The van der Waals surface area contributed by atoms with Crippen LogP contribution in [-0.4, -0.2) is 27.1 Å². The number of nitrogens with one attached hydrogen (secondary N) is 2. The molecule has 0 spiro atoms. The number of hydrogen-bond donors (Lipinski definition) is 2. The first-order valence-corrected chi connectivity index (χ1v) is 9.03. The number of carbonyl (C=O) groups is 1. The van der Waals surface area contributed by atoms with E-state index >= 15 is 0 Å². The predicted molar refractivity (Wildman–Crippen MR) is 89.5 cm³/mol. The minimum absolute atomic E-state index is 0.0495. The Morgan fingerprint density at radius 3 is 2.58 bits per heavy atom. The summed E-state index contributed by atoms with van der Waals surface area (Å²) in [6.07, 6.45) is 0.591. The molecule has 1 aliphatic rings. The van der Waals surface area contributed by atoms with Gasteiger partial charge >= 0.3 is 6.03 Å². The maximum atomic E-state index is 12.2. The molecule has 2 amide bonds. The molecule has 1 unspecified atom stereocenters. The van der Waals surface area contributed by atoms with Crippen LogP contribution in [0.5, 0.6) is 5.75 Å². The largest absolute Gasteiger partial charge is 0.491 e. The van der Waals surface area contributed by atoms with Crippen LogP contribution < -0.4 is 14.8 Å². The van der Waals surface area contributed by atoms with E-state index in [2.05, 4.69) is 5.32 Å². The molecule has 2 N–H and O–H groups in total. The van der Waals surface area contributed by atoms with Crippen molar-refractivity contribution < 1.29 is 17.9 Å². The Bertz CT molecular complexity index is 847. The molecule has 2 aromatic carbocycles. The van der Waals surface area contributed by atoms with Gasteiger partial charge in [0.05, 0.1) is 10.9 Å². The highest BCUT2D eigenvalue weighted by Gasteiger charge is 2.23. The normalized spacial score (nSPS) is 16.6. The summed E-state index contributed by atoms with van der Waals surface area (Å²) < 4.78 is 32.0. The molecule has 0 saturated carbocycles. The van der Waals surface area contributed by atoms with E-state index in [1.807, 2.05) is 35.9 Å². The van der Waals surface area contributed by atoms with Crippen molar-refractivity contribution in [2.75, 3.05) is 6.61 Å². The highest BCUT2D eigenvalue weighted by atomic mass is 32.2. The van der Waals surface area contributed by atoms with Crippen LogP contribution in [0, 0.1) is 6.92 Å². The summed E-state index contributed by atoms with van der Waals surface area (Å²) in [5.41, 5.74) is 1.92. The Morgan fingerprint density at radius 2 is 1.83 bits per heavy atom. The van der Waals surface area contributed by atoms with Gasteiger partial charge in [-0.25, -0.2) is 17.9 Å². The van der Waals surface area contributed by atoms with Crippen LogP contribution >= 0.6 is 0 Å². The van der Waals surface area contributed by atoms with Gasteiger partial charge in [-0.3, -0.25) is 0 Å². The van der Waals surface area contributed by atoms with E-state index in [1.54, 1.807) is 12.1 Å². The first kappa shape index (κ1) is 16.3. The third-order valence-electron chi connectivity index (χ3n) is 3.77. The Labute approximate surface area is 140 Å². The summed E-state index contributed by atoms with van der Waals surface area (Å²) in [5.74, 6) is 0.795. The number of benzene rings is 2. The second kappa shape index (κ2) is 6.52. The quantitative estimate of drug-likeness (QED) is 0.890. The van der Waals surface area contributed by atoms with Crippen molar-refractivity contribution in [3.05, 3.63) is 59.7 Å². The summed E-state index contributed by atoms with van der Waals surface area (Å²) >= 11 is 0. The van der Waals surface area contributed by atoms with Crippen LogP contribution in [0.4, 0.5) is 4.79 Å². The fourth-order valence-electron chi connectivity index (χ4n) is 2.53. The lowest BCUT2D eigenvalue weighted by Gasteiger charge is -2.26. The molecule has 7 heteroatoms. The Kier molecular flexibility index (Phi) is 4.44.